The maximum Gasteiger partial charge on any atom is 0.168 e. The number of carbonyl (C=O) groups excluding carboxylic acids is 1. The zero-order valence-electron chi connectivity index (χ0n) is 12.1. The summed E-state index contributed by atoms with van der Waals surface area (Å²) in [4.78, 5) is 16.5. The Balaban J connectivity index is 2.10. The quantitative estimate of drug-likeness (QED) is 0.778. The van der Waals surface area contributed by atoms with Crippen molar-refractivity contribution in [3.05, 3.63) is 59.4 Å². The second kappa shape index (κ2) is 6.33. The lowest BCUT2D eigenvalue weighted by molar-refractivity contribution is 0.0991. The van der Waals surface area contributed by atoms with Gasteiger partial charge in [-0.3, -0.25) is 9.78 Å². The van der Waals surface area contributed by atoms with Crippen LogP contribution in [-0.4, -0.2) is 16.9 Å². The number of ether oxygens (including phenoxy) is 1. The second-order valence-electron chi connectivity index (χ2n) is 5.12. The minimum Gasteiger partial charge on any atom is -0.491 e. The van der Waals surface area contributed by atoms with Crippen LogP contribution in [0.15, 0.2) is 42.6 Å². The monoisotopic (exact) mass is 269 g/mol. The summed E-state index contributed by atoms with van der Waals surface area (Å²) in [7, 11) is 0. The van der Waals surface area contributed by atoms with Crippen LogP contribution in [0.1, 0.15) is 35.5 Å². The first kappa shape index (κ1) is 14.3. The Labute approximate surface area is 119 Å². The van der Waals surface area contributed by atoms with Crippen LogP contribution < -0.4 is 4.74 Å². The normalized spacial score (nSPS) is 10.6. The van der Waals surface area contributed by atoms with Gasteiger partial charge in [0, 0.05) is 17.5 Å². The number of carbonyl (C=O) groups is 1. The van der Waals surface area contributed by atoms with Crippen molar-refractivity contribution in [3.8, 4) is 5.75 Å². The Morgan fingerprint density at radius 2 is 2.05 bits per heavy atom. The molecule has 0 radical (unpaired) electrons. The maximum atomic E-state index is 12.2. The first-order chi connectivity index (χ1) is 9.54. The van der Waals surface area contributed by atoms with Crippen molar-refractivity contribution >= 4 is 5.78 Å². The number of Topliss-reactive ketones (excluding diaryl/α,β-unsaturated/α-hetero) is 1. The fourth-order valence-electron chi connectivity index (χ4n) is 1.88. The summed E-state index contributed by atoms with van der Waals surface area (Å²) >= 11 is 0. The number of aromatic nitrogens is 1. The summed E-state index contributed by atoms with van der Waals surface area (Å²) < 4.78 is 5.60. The first-order valence-electron chi connectivity index (χ1n) is 6.76. The SMILES string of the molecule is Cc1ccc(CC(=O)c2cccc(OC(C)C)c2)nc1. The van der Waals surface area contributed by atoms with E-state index in [0.29, 0.717) is 12.0 Å². The minimum atomic E-state index is 0.0514. The van der Waals surface area contributed by atoms with Crippen LogP contribution in [0.25, 0.3) is 0 Å². The van der Waals surface area contributed by atoms with Gasteiger partial charge in [-0.05, 0) is 44.5 Å². The van der Waals surface area contributed by atoms with Crippen molar-refractivity contribution in [1.29, 1.82) is 0 Å². The van der Waals surface area contributed by atoms with E-state index in [1.807, 2.05) is 51.1 Å². The largest absolute Gasteiger partial charge is 0.491 e. The predicted molar refractivity (Wildman–Crippen MR) is 79.2 cm³/mol. The number of rotatable bonds is 5. The fraction of sp³-hybridized carbons (Fsp3) is 0.294. The molecule has 0 atom stereocenters. The third-order valence-electron chi connectivity index (χ3n) is 2.84. The number of pyridine rings is 1. The summed E-state index contributed by atoms with van der Waals surface area (Å²) in [5.41, 5.74) is 2.54. The predicted octanol–water partition coefficient (Wildman–Crippen LogP) is 3.60. The Hall–Kier alpha value is -2.16. The molecule has 2 aromatic rings. The summed E-state index contributed by atoms with van der Waals surface area (Å²) in [6.45, 7) is 5.90. The van der Waals surface area contributed by atoms with Gasteiger partial charge in [-0.1, -0.05) is 18.2 Å². The lowest BCUT2D eigenvalue weighted by Gasteiger charge is -2.10. The Morgan fingerprint density at radius 1 is 1.25 bits per heavy atom. The highest BCUT2D eigenvalue weighted by Crippen LogP contribution is 2.16. The zero-order valence-corrected chi connectivity index (χ0v) is 12.1. The fourth-order valence-corrected chi connectivity index (χ4v) is 1.88. The Morgan fingerprint density at radius 3 is 2.70 bits per heavy atom. The van der Waals surface area contributed by atoms with Gasteiger partial charge in [-0.15, -0.1) is 0 Å². The molecule has 0 aliphatic carbocycles. The van der Waals surface area contributed by atoms with Crippen molar-refractivity contribution < 1.29 is 9.53 Å². The van der Waals surface area contributed by atoms with Crippen molar-refractivity contribution in [2.75, 3.05) is 0 Å². The van der Waals surface area contributed by atoms with Gasteiger partial charge >= 0.3 is 0 Å². The van der Waals surface area contributed by atoms with Crippen LogP contribution in [0.2, 0.25) is 0 Å². The molecule has 0 bridgehead atoms. The molecule has 0 aliphatic rings. The van der Waals surface area contributed by atoms with Crippen LogP contribution in [0, 0.1) is 6.92 Å². The van der Waals surface area contributed by atoms with Crippen LogP contribution in [-0.2, 0) is 6.42 Å². The summed E-state index contributed by atoms with van der Waals surface area (Å²) in [6.07, 6.45) is 2.19. The molecule has 1 aromatic carbocycles. The van der Waals surface area contributed by atoms with Gasteiger partial charge in [0.2, 0.25) is 0 Å². The van der Waals surface area contributed by atoms with Crippen molar-refractivity contribution in [1.82, 2.24) is 4.98 Å². The highest BCUT2D eigenvalue weighted by molar-refractivity contribution is 5.97. The van der Waals surface area contributed by atoms with E-state index >= 15 is 0 Å². The molecule has 0 saturated heterocycles. The topological polar surface area (TPSA) is 39.2 Å². The average molecular weight is 269 g/mol. The van der Waals surface area contributed by atoms with Gasteiger partial charge in [0.15, 0.2) is 5.78 Å². The second-order valence-corrected chi connectivity index (χ2v) is 5.12. The molecule has 1 aromatic heterocycles. The molecular formula is C17H19NO2. The van der Waals surface area contributed by atoms with E-state index in [1.165, 1.54) is 0 Å². The molecule has 0 N–H and O–H groups in total. The van der Waals surface area contributed by atoms with E-state index < -0.39 is 0 Å². The molecule has 0 fully saturated rings. The van der Waals surface area contributed by atoms with Gasteiger partial charge in [0.05, 0.1) is 12.5 Å². The molecule has 104 valence electrons. The van der Waals surface area contributed by atoms with Crippen molar-refractivity contribution in [3.63, 3.8) is 0 Å². The molecule has 0 saturated carbocycles. The number of ketones is 1. The third-order valence-corrected chi connectivity index (χ3v) is 2.84. The van der Waals surface area contributed by atoms with Crippen molar-refractivity contribution in [2.24, 2.45) is 0 Å². The summed E-state index contributed by atoms with van der Waals surface area (Å²) in [5, 5.41) is 0. The van der Waals surface area contributed by atoms with E-state index in [4.69, 9.17) is 4.74 Å². The van der Waals surface area contributed by atoms with Crippen LogP contribution in [0.3, 0.4) is 0 Å². The third kappa shape index (κ3) is 3.92. The van der Waals surface area contributed by atoms with Crippen LogP contribution in [0.4, 0.5) is 0 Å². The van der Waals surface area contributed by atoms with Gasteiger partial charge in [-0.2, -0.15) is 0 Å². The standard InChI is InChI=1S/C17H19NO2/c1-12(2)20-16-6-4-5-14(9-16)17(19)10-15-8-7-13(3)11-18-15/h4-9,11-12H,10H2,1-3H3. The molecule has 2 rings (SSSR count). The van der Waals surface area contributed by atoms with E-state index in [0.717, 1.165) is 17.0 Å². The summed E-state index contributed by atoms with van der Waals surface area (Å²) in [6, 6.07) is 11.2. The molecule has 3 heteroatoms. The number of benzene rings is 1. The Bertz CT molecular complexity index is 588. The first-order valence-corrected chi connectivity index (χ1v) is 6.76. The molecule has 1 heterocycles. The van der Waals surface area contributed by atoms with Crippen molar-refractivity contribution in [2.45, 2.75) is 33.3 Å². The molecule has 0 aliphatic heterocycles. The molecule has 0 amide bonds. The minimum absolute atomic E-state index is 0.0514. The van der Waals surface area contributed by atoms with Gasteiger partial charge in [-0.25, -0.2) is 0 Å². The van der Waals surface area contributed by atoms with E-state index in [2.05, 4.69) is 4.98 Å². The molecule has 0 unspecified atom stereocenters. The molecule has 0 spiro atoms. The lowest BCUT2D eigenvalue weighted by atomic mass is 10.1. The maximum absolute atomic E-state index is 12.2. The Kier molecular flexibility index (Phi) is 4.51. The van der Waals surface area contributed by atoms with E-state index in [9.17, 15) is 4.79 Å². The molecule has 20 heavy (non-hydrogen) atoms. The van der Waals surface area contributed by atoms with E-state index in [-0.39, 0.29) is 11.9 Å². The zero-order chi connectivity index (χ0) is 14.5. The number of aryl methyl sites for hydroxylation is 1. The molecule has 3 nitrogen and oxygen atoms in total. The average Bonchev–Trinajstić information content (AvgIpc) is 2.41. The number of nitrogens with zero attached hydrogens (tertiary/aromatic N) is 1. The number of hydrogen-bond acceptors (Lipinski definition) is 3. The van der Waals surface area contributed by atoms with Gasteiger partial charge in [0.1, 0.15) is 5.75 Å². The molecular weight excluding hydrogens is 250 g/mol. The highest BCUT2D eigenvalue weighted by Gasteiger charge is 2.09. The lowest BCUT2D eigenvalue weighted by Crippen LogP contribution is -2.08. The number of hydrogen-bond donors (Lipinski definition) is 0. The van der Waals surface area contributed by atoms with Crippen LogP contribution in [0.5, 0.6) is 5.75 Å². The van der Waals surface area contributed by atoms with Gasteiger partial charge in [0.25, 0.3) is 0 Å². The highest BCUT2D eigenvalue weighted by atomic mass is 16.5. The summed E-state index contributed by atoms with van der Waals surface area (Å²) in [5.74, 6) is 0.776. The smallest absolute Gasteiger partial charge is 0.168 e. The van der Waals surface area contributed by atoms with Gasteiger partial charge < -0.3 is 4.74 Å². The van der Waals surface area contributed by atoms with E-state index in [1.54, 1.807) is 12.3 Å². The van der Waals surface area contributed by atoms with Crippen LogP contribution >= 0.6 is 0 Å².